The SMILES string of the molecule is O=C(Nc1ccc(Cl)cn1)c1nc(Cl)c(Cl)c(Cl)c1Cl. The summed E-state index contributed by atoms with van der Waals surface area (Å²) in [6, 6.07) is 3.09. The molecule has 0 saturated heterocycles. The number of hydrogen-bond acceptors (Lipinski definition) is 3. The fraction of sp³-hybridized carbons (Fsp3) is 0. The van der Waals surface area contributed by atoms with E-state index in [0.717, 1.165) is 0 Å². The number of nitrogens with zero attached hydrogens (tertiary/aromatic N) is 2. The molecule has 0 unspecified atom stereocenters. The summed E-state index contributed by atoms with van der Waals surface area (Å²) in [5.74, 6) is -0.343. The lowest BCUT2D eigenvalue weighted by Gasteiger charge is -2.08. The molecular weight excluding hydrogens is 367 g/mol. The van der Waals surface area contributed by atoms with Gasteiger partial charge in [-0.05, 0) is 12.1 Å². The Morgan fingerprint density at radius 1 is 1.00 bits per heavy atom. The van der Waals surface area contributed by atoms with Crippen molar-refractivity contribution in [3.63, 3.8) is 0 Å². The van der Waals surface area contributed by atoms with Crippen LogP contribution in [0.5, 0.6) is 0 Å². The largest absolute Gasteiger partial charge is 0.305 e. The summed E-state index contributed by atoms with van der Waals surface area (Å²) in [6.07, 6.45) is 1.38. The molecule has 104 valence electrons. The zero-order valence-corrected chi connectivity index (χ0v) is 13.2. The third kappa shape index (κ3) is 3.27. The third-order valence-corrected chi connectivity index (χ3v) is 4.07. The van der Waals surface area contributed by atoms with Gasteiger partial charge < -0.3 is 5.32 Å². The van der Waals surface area contributed by atoms with E-state index in [1.807, 2.05) is 0 Å². The summed E-state index contributed by atoms with van der Waals surface area (Å²) >= 11 is 29.0. The Kier molecular flexibility index (Phi) is 4.94. The van der Waals surface area contributed by atoms with Crippen molar-refractivity contribution in [2.24, 2.45) is 0 Å². The van der Waals surface area contributed by atoms with Gasteiger partial charge >= 0.3 is 0 Å². The van der Waals surface area contributed by atoms with E-state index < -0.39 is 5.91 Å². The van der Waals surface area contributed by atoms with Gasteiger partial charge in [-0.3, -0.25) is 4.79 Å². The number of amides is 1. The number of carbonyl (C=O) groups is 1. The Balaban J connectivity index is 2.32. The topological polar surface area (TPSA) is 54.9 Å². The lowest BCUT2D eigenvalue weighted by Crippen LogP contribution is -2.15. The number of carbonyl (C=O) groups excluding carboxylic acids is 1. The molecule has 0 fully saturated rings. The number of halogens is 5. The summed E-state index contributed by atoms with van der Waals surface area (Å²) in [4.78, 5) is 19.8. The number of nitrogens with one attached hydrogen (secondary N) is 1. The Hall–Kier alpha value is -0.780. The first-order valence-corrected chi connectivity index (χ1v) is 6.92. The van der Waals surface area contributed by atoms with Crippen molar-refractivity contribution in [1.29, 1.82) is 0 Å². The molecule has 0 atom stereocenters. The summed E-state index contributed by atoms with van der Waals surface area (Å²) in [7, 11) is 0. The minimum Gasteiger partial charge on any atom is -0.305 e. The van der Waals surface area contributed by atoms with Gasteiger partial charge in [0.2, 0.25) is 0 Å². The Bertz CT molecular complexity index is 675. The van der Waals surface area contributed by atoms with Crippen LogP contribution in [-0.2, 0) is 0 Å². The van der Waals surface area contributed by atoms with Crippen LogP contribution in [0.2, 0.25) is 25.2 Å². The third-order valence-electron chi connectivity index (χ3n) is 2.17. The van der Waals surface area contributed by atoms with Gasteiger partial charge in [-0.15, -0.1) is 0 Å². The average molecular weight is 371 g/mol. The van der Waals surface area contributed by atoms with E-state index in [9.17, 15) is 4.79 Å². The van der Waals surface area contributed by atoms with E-state index in [-0.39, 0.29) is 31.7 Å². The van der Waals surface area contributed by atoms with Gasteiger partial charge in [-0.25, -0.2) is 9.97 Å². The van der Waals surface area contributed by atoms with Crippen LogP contribution in [0.1, 0.15) is 10.5 Å². The number of anilines is 1. The molecular formula is C11H4Cl5N3O. The molecule has 0 aliphatic carbocycles. The number of pyridine rings is 2. The standard InChI is InChI=1S/C11H4Cl5N3O/c12-4-1-2-5(17-3-4)18-11(20)9-7(14)6(13)8(15)10(16)19-9/h1-3H,(H,17,18,20). The molecule has 2 aromatic rings. The van der Waals surface area contributed by atoms with Gasteiger partial charge in [0.25, 0.3) is 5.91 Å². The van der Waals surface area contributed by atoms with Crippen LogP contribution in [0.15, 0.2) is 18.3 Å². The maximum absolute atomic E-state index is 12.0. The van der Waals surface area contributed by atoms with Crippen molar-refractivity contribution >= 4 is 69.7 Å². The molecule has 1 N–H and O–H groups in total. The van der Waals surface area contributed by atoms with E-state index in [1.54, 1.807) is 6.07 Å². The lowest BCUT2D eigenvalue weighted by molar-refractivity contribution is 0.102. The van der Waals surface area contributed by atoms with Gasteiger partial charge in [-0.1, -0.05) is 58.0 Å². The lowest BCUT2D eigenvalue weighted by atomic mass is 10.3. The zero-order valence-electron chi connectivity index (χ0n) is 9.42. The zero-order chi connectivity index (χ0) is 14.9. The first-order chi connectivity index (χ1) is 9.40. The van der Waals surface area contributed by atoms with E-state index in [2.05, 4.69) is 15.3 Å². The average Bonchev–Trinajstić information content (AvgIpc) is 2.43. The monoisotopic (exact) mass is 369 g/mol. The van der Waals surface area contributed by atoms with Crippen molar-refractivity contribution < 1.29 is 4.79 Å². The maximum atomic E-state index is 12.0. The summed E-state index contributed by atoms with van der Waals surface area (Å²) in [6.45, 7) is 0. The first kappa shape index (κ1) is 15.6. The van der Waals surface area contributed by atoms with Crippen LogP contribution in [0, 0.1) is 0 Å². The van der Waals surface area contributed by atoms with Crippen molar-refractivity contribution in [2.75, 3.05) is 5.32 Å². The highest BCUT2D eigenvalue weighted by molar-refractivity contribution is 6.52. The molecule has 4 nitrogen and oxygen atoms in total. The van der Waals surface area contributed by atoms with Gasteiger partial charge in [0, 0.05) is 6.20 Å². The molecule has 2 aromatic heterocycles. The Morgan fingerprint density at radius 3 is 2.30 bits per heavy atom. The van der Waals surface area contributed by atoms with Crippen LogP contribution in [0.4, 0.5) is 5.82 Å². The summed E-state index contributed by atoms with van der Waals surface area (Å²) in [5.41, 5.74) is -0.150. The maximum Gasteiger partial charge on any atom is 0.277 e. The minimum atomic E-state index is -0.620. The van der Waals surface area contributed by atoms with Crippen LogP contribution >= 0.6 is 58.0 Å². The second-order valence-corrected chi connectivity index (χ2v) is 5.44. The summed E-state index contributed by atoms with van der Waals surface area (Å²) < 4.78 is 0. The minimum absolute atomic E-state index is 0.0144. The van der Waals surface area contributed by atoms with E-state index in [0.29, 0.717) is 5.02 Å². The second-order valence-electron chi connectivity index (χ2n) is 3.51. The van der Waals surface area contributed by atoms with Crippen molar-refractivity contribution in [1.82, 2.24) is 9.97 Å². The highest BCUT2D eigenvalue weighted by Gasteiger charge is 2.20. The van der Waals surface area contributed by atoms with Gasteiger partial charge in [0.1, 0.15) is 11.0 Å². The fourth-order valence-electron chi connectivity index (χ4n) is 1.26. The van der Waals surface area contributed by atoms with Crippen LogP contribution in [0.25, 0.3) is 0 Å². The molecule has 2 rings (SSSR count). The highest BCUT2D eigenvalue weighted by atomic mass is 35.5. The van der Waals surface area contributed by atoms with Crippen LogP contribution in [-0.4, -0.2) is 15.9 Å². The molecule has 0 spiro atoms. The fourth-order valence-corrected chi connectivity index (χ4v) is 2.19. The molecule has 0 bridgehead atoms. The number of rotatable bonds is 2. The quantitative estimate of drug-likeness (QED) is 0.756. The smallest absolute Gasteiger partial charge is 0.277 e. The molecule has 2 heterocycles. The summed E-state index contributed by atoms with van der Waals surface area (Å²) in [5, 5.41) is 2.67. The Morgan fingerprint density at radius 2 is 1.70 bits per heavy atom. The van der Waals surface area contributed by atoms with Crippen molar-refractivity contribution in [2.45, 2.75) is 0 Å². The van der Waals surface area contributed by atoms with E-state index in [1.165, 1.54) is 12.3 Å². The predicted molar refractivity (Wildman–Crippen MR) is 81.5 cm³/mol. The van der Waals surface area contributed by atoms with Gasteiger partial charge in [0.15, 0.2) is 5.69 Å². The van der Waals surface area contributed by atoms with Gasteiger partial charge in [-0.2, -0.15) is 0 Å². The first-order valence-electron chi connectivity index (χ1n) is 5.03. The predicted octanol–water partition coefficient (Wildman–Crippen LogP) is 5.00. The molecule has 0 aliphatic heterocycles. The molecule has 0 saturated carbocycles. The van der Waals surface area contributed by atoms with Crippen molar-refractivity contribution in [3.05, 3.63) is 49.3 Å². The molecule has 0 aromatic carbocycles. The Labute approximate surface area is 139 Å². The molecule has 20 heavy (non-hydrogen) atoms. The highest BCUT2D eigenvalue weighted by Crippen LogP contribution is 2.36. The number of hydrogen-bond donors (Lipinski definition) is 1. The van der Waals surface area contributed by atoms with Crippen molar-refractivity contribution in [3.8, 4) is 0 Å². The van der Waals surface area contributed by atoms with Crippen LogP contribution in [0.3, 0.4) is 0 Å². The molecule has 0 radical (unpaired) electrons. The second kappa shape index (κ2) is 6.33. The normalized spacial score (nSPS) is 10.4. The van der Waals surface area contributed by atoms with E-state index >= 15 is 0 Å². The molecule has 9 heteroatoms. The molecule has 1 amide bonds. The number of aromatic nitrogens is 2. The van der Waals surface area contributed by atoms with Crippen LogP contribution < -0.4 is 5.32 Å². The van der Waals surface area contributed by atoms with Gasteiger partial charge in [0.05, 0.1) is 20.1 Å². The molecule has 0 aliphatic rings. The van der Waals surface area contributed by atoms with E-state index in [4.69, 9.17) is 58.0 Å².